The molecule has 0 aliphatic carbocycles. The van der Waals surface area contributed by atoms with E-state index in [1.54, 1.807) is 6.33 Å². The summed E-state index contributed by atoms with van der Waals surface area (Å²) in [6, 6.07) is 5.98. The predicted molar refractivity (Wildman–Crippen MR) is 104 cm³/mol. The molecule has 5 rings (SSSR count). The van der Waals surface area contributed by atoms with Crippen LogP contribution in [0, 0.1) is 5.92 Å². The molecule has 2 amide bonds. The molecule has 2 saturated heterocycles. The van der Waals surface area contributed by atoms with E-state index >= 15 is 0 Å². The van der Waals surface area contributed by atoms with Crippen molar-refractivity contribution in [1.29, 1.82) is 0 Å². The van der Waals surface area contributed by atoms with Crippen LogP contribution in [0.5, 0.6) is 0 Å². The monoisotopic (exact) mass is 379 g/mol. The molecule has 2 atom stereocenters. The molecule has 0 saturated carbocycles. The number of benzene rings is 1. The maximum atomic E-state index is 13.2. The second-order valence-electron chi connectivity index (χ2n) is 8.16. The van der Waals surface area contributed by atoms with Gasteiger partial charge in [0.05, 0.1) is 12.0 Å². The van der Waals surface area contributed by atoms with E-state index in [9.17, 15) is 9.59 Å². The fraction of sp³-hybridized carbons (Fsp3) is 0.476. The number of nitrogens with one attached hydrogen (secondary N) is 1. The quantitative estimate of drug-likeness (QED) is 0.862. The average molecular weight is 379 g/mol. The van der Waals surface area contributed by atoms with Crippen molar-refractivity contribution in [2.75, 3.05) is 26.2 Å². The number of amides is 2. The summed E-state index contributed by atoms with van der Waals surface area (Å²) in [6.07, 6.45) is 5.60. The molecule has 28 heavy (non-hydrogen) atoms. The van der Waals surface area contributed by atoms with Gasteiger partial charge < -0.3 is 19.7 Å². The summed E-state index contributed by atoms with van der Waals surface area (Å²) in [7, 11) is 1.94. The summed E-state index contributed by atoms with van der Waals surface area (Å²) in [5.41, 5.74) is 3.21. The van der Waals surface area contributed by atoms with E-state index in [2.05, 4.69) is 10.3 Å². The first-order valence-corrected chi connectivity index (χ1v) is 10.0. The molecular formula is C21H25N5O2. The molecule has 146 valence electrons. The lowest BCUT2D eigenvalue weighted by Gasteiger charge is -2.19. The normalized spacial score (nSPS) is 23.4. The van der Waals surface area contributed by atoms with Crippen molar-refractivity contribution in [2.24, 2.45) is 13.0 Å². The second kappa shape index (κ2) is 6.74. The van der Waals surface area contributed by atoms with Crippen LogP contribution in [0.25, 0.3) is 0 Å². The Bertz CT molecular complexity index is 925. The minimum absolute atomic E-state index is 0.0144. The van der Waals surface area contributed by atoms with Gasteiger partial charge in [0.1, 0.15) is 0 Å². The minimum atomic E-state index is 0.0144. The maximum absolute atomic E-state index is 13.2. The van der Waals surface area contributed by atoms with Gasteiger partial charge >= 0.3 is 0 Å². The number of aryl methyl sites for hydroxylation is 1. The Labute approximate surface area is 164 Å². The van der Waals surface area contributed by atoms with Crippen molar-refractivity contribution in [3.8, 4) is 0 Å². The van der Waals surface area contributed by atoms with E-state index in [0.717, 1.165) is 37.3 Å². The zero-order chi connectivity index (χ0) is 19.3. The van der Waals surface area contributed by atoms with Crippen LogP contribution in [0.2, 0.25) is 0 Å². The summed E-state index contributed by atoms with van der Waals surface area (Å²) in [5, 5.41) is 3.49. The Morgan fingerprint density at radius 3 is 3.00 bits per heavy atom. The van der Waals surface area contributed by atoms with E-state index in [1.807, 2.05) is 45.8 Å². The summed E-state index contributed by atoms with van der Waals surface area (Å²) in [5.74, 6) is 0.644. The molecular weight excluding hydrogens is 354 g/mol. The number of carbonyl (C=O) groups excluding carboxylic acids is 2. The lowest BCUT2D eigenvalue weighted by molar-refractivity contribution is 0.0765. The van der Waals surface area contributed by atoms with Gasteiger partial charge in [0, 0.05) is 63.0 Å². The van der Waals surface area contributed by atoms with Gasteiger partial charge in [0.25, 0.3) is 11.8 Å². The van der Waals surface area contributed by atoms with Crippen molar-refractivity contribution >= 4 is 11.8 Å². The zero-order valence-electron chi connectivity index (χ0n) is 16.1. The number of carbonyl (C=O) groups is 2. The summed E-state index contributed by atoms with van der Waals surface area (Å²) >= 11 is 0. The van der Waals surface area contributed by atoms with E-state index in [0.29, 0.717) is 42.6 Å². The molecule has 0 radical (unpaired) electrons. The number of aromatic nitrogens is 2. The van der Waals surface area contributed by atoms with Gasteiger partial charge in [-0.3, -0.25) is 9.59 Å². The lowest BCUT2D eigenvalue weighted by Crippen LogP contribution is -2.34. The van der Waals surface area contributed by atoms with E-state index in [-0.39, 0.29) is 11.8 Å². The average Bonchev–Trinajstić information content (AvgIpc) is 3.43. The first-order valence-electron chi connectivity index (χ1n) is 10.0. The maximum Gasteiger partial charge on any atom is 0.254 e. The van der Waals surface area contributed by atoms with Gasteiger partial charge in [0.2, 0.25) is 0 Å². The Morgan fingerprint density at radius 1 is 1.32 bits per heavy atom. The molecule has 0 unspecified atom stereocenters. The highest BCUT2D eigenvalue weighted by Gasteiger charge is 2.39. The molecule has 0 spiro atoms. The molecule has 7 heteroatoms. The van der Waals surface area contributed by atoms with Gasteiger partial charge in [-0.05, 0) is 36.6 Å². The van der Waals surface area contributed by atoms with E-state index in [4.69, 9.17) is 0 Å². The van der Waals surface area contributed by atoms with Crippen LogP contribution in [0.1, 0.15) is 38.4 Å². The van der Waals surface area contributed by atoms with Crippen LogP contribution in [0.3, 0.4) is 0 Å². The van der Waals surface area contributed by atoms with Crippen LogP contribution in [0.15, 0.2) is 30.7 Å². The van der Waals surface area contributed by atoms with Crippen LogP contribution in [-0.4, -0.2) is 63.4 Å². The van der Waals surface area contributed by atoms with Crippen LogP contribution in [-0.2, 0) is 20.0 Å². The third-order valence-corrected chi connectivity index (χ3v) is 6.32. The molecule has 2 fully saturated rings. The molecule has 3 aliphatic heterocycles. The zero-order valence-corrected chi connectivity index (χ0v) is 16.1. The molecule has 3 aliphatic rings. The van der Waals surface area contributed by atoms with E-state index in [1.165, 1.54) is 0 Å². The number of likely N-dealkylation sites (tertiary alicyclic amines) is 1. The van der Waals surface area contributed by atoms with Gasteiger partial charge in [0.15, 0.2) is 0 Å². The SMILES string of the molecule is Cn1cnc(CCN2Cc3c(cccc3C(=O)N3C[C@@H]4CCN[C@@H]4C3)C2=O)c1. The van der Waals surface area contributed by atoms with Crippen molar-refractivity contribution in [3.05, 3.63) is 53.1 Å². The molecule has 2 aromatic rings. The highest BCUT2D eigenvalue weighted by molar-refractivity contribution is 6.04. The lowest BCUT2D eigenvalue weighted by atomic mass is 10.0. The molecule has 1 aromatic carbocycles. The number of nitrogens with zero attached hydrogens (tertiary/aromatic N) is 4. The smallest absolute Gasteiger partial charge is 0.254 e. The topological polar surface area (TPSA) is 70.5 Å². The summed E-state index contributed by atoms with van der Waals surface area (Å²) < 4.78 is 1.91. The fourth-order valence-corrected chi connectivity index (χ4v) is 4.80. The second-order valence-corrected chi connectivity index (χ2v) is 8.16. The molecule has 7 nitrogen and oxygen atoms in total. The van der Waals surface area contributed by atoms with Crippen LogP contribution >= 0.6 is 0 Å². The summed E-state index contributed by atoms with van der Waals surface area (Å²) in [6.45, 7) is 3.75. The highest BCUT2D eigenvalue weighted by Crippen LogP contribution is 2.30. The first kappa shape index (κ1) is 17.4. The van der Waals surface area contributed by atoms with Crippen LogP contribution < -0.4 is 5.32 Å². The third-order valence-electron chi connectivity index (χ3n) is 6.32. The Morgan fingerprint density at radius 2 is 2.21 bits per heavy atom. The first-order chi connectivity index (χ1) is 13.6. The van der Waals surface area contributed by atoms with Crippen molar-refractivity contribution in [2.45, 2.75) is 25.4 Å². The number of fused-ring (bicyclic) bond motifs is 2. The standard InChI is InChI=1S/C21H25N5O2/c1-24-10-15(23-13-24)6-8-25-11-18-16(20(25)27)3-2-4-17(18)21(28)26-9-14-5-7-22-19(14)12-26/h2-4,10,13-14,19,22H,5-9,11-12H2,1H3/t14-,19+/m0/s1. The third kappa shape index (κ3) is 2.90. The van der Waals surface area contributed by atoms with Crippen molar-refractivity contribution < 1.29 is 9.59 Å². The summed E-state index contributed by atoms with van der Waals surface area (Å²) in [4.78, 5) is 34.2. The fourth-order valence-electron chi connectivity index (χ4n) is 4.80. The van der Waals surface area contributed by atoms with Gasteiger partial charge in [-0.25, -0.2) is 4.98 Å². The van der Waals surface area contributed by atoms with Crippen molar-refractivity contribution in [1.82, 2.24) is 24.7 Å². The van der Waals surface area contributed by atoms with Crippen molar-refractivity contribution in [3.63, 3.8) is 0 Å². The molecule has 1 N–H and O–H groups in total. The van der Waals surface area contributed by atoms with E-state index < -0.39 is 0 Å². The number of imidazole rings is 1. The molecule has 4 heterocycles. The van der Waals surface area contributed by atoms with Gasteiger partial charge in [-0.15, -0.1) is 0 Å². The minimum Gasteiger partial charge on any atom is -0.340 e. The van der Waals surface area contributed by atoms with Gasteiger partial charge in [-0.1, -0.05) is 6.07 Å². The Balaban J connectivity index is 1.32. The highest BCUT2D eigenvalue weighted by atomic mass is 16.2. The largest absolute Gasteiger partial charge is 0.340 e. The Hall–Kier alpha value is -2.67. The molecule has 0 bridgehead atoms. The van der Waals surface area contributed by atoms with Crippen LogP contribution in [0.4, 0.5) is 0 Å². The molecule has 1 aromatic heterocycles. The number of hydrogen-bond acceptors (Lipinski definition) is 4. The predicted octanol–water partition coefficient (Wildman–Crippen LogP) is 1.05. The number of rotatable bonds is 4. The van der Waals surface area contributed by atoms with Gasteiger partial charge in [-0.2, -0.15) is 0 Å². The Kier molecular flexibility index (Phi) is 4.19. The number of hydrogen-bond donors (Lipinski definition) is 1.